The standard InChI is InChI=1S/C5H9N.Na.H/c1-3-5(2)4-6;;/h5H,3H2,1-2H3;;. The van der Waals surface area contributed by atoms with Crippen molar-refractivity contribution in [3.05, 3.63) is 0 Å². The summed E-state index contributed by atoms with van der Waals surface area (Å²) in [7, 11) is 0. The maximum absolute atomic E-state index is 8.08. The molecule has 0 radical (unpaired) electrons. The van der Waals surface area contributed by atoms with E-state index in [1.807, 2.05) is 13.8 Å². The molecule has 1 unspecified atom stereocenters. The first kappa shape index (κ1) is 10.5. The predicted molar refractivity (Wildman–Crippen MR) is 32.2 cm³/mol. The van der Waals surface area contributed by atoms with E-state index >= 15 is 0 Å². The zero-order valence-corrected chi connectivity index (χ0v) is 4.23. The molecule has 0 spiro atoms. The van der Waals surface area contributed by atoms with Gasteiger partial charge in [-0.2, -0.15) is 5.26 Å². The summed E-state index contributed by atoms with van der Waals surface area (Å²) in [6, 6.07) is 2.11. The van der Waals surface area contributed by atoms with Gasteiger partial charge in [-0.15, -0.1) is 0 Å². The SMILES string of the molecule is CCC(C)C#N.[NaH]. The Labute approximate surface area is 67.0 Å². The minimum atomic E-state index is 0. The van der Waals surface area contributed by atoms with E-state index < -0.39 is 0 Å². The first-order valence-corrected chi connectivity index (χ1v) is 2.20. The number of hydrogen-bond donors (Lipinski definition) is 0. The van der Waals surface area contributed by atoms with Crippen molar-refractivity contribution in [3.63, 3.8) is 0 Å². The van der Waals surface area contributed by atoms with E-state index in [9.17, 15) is 0 Å². The fraction of sp³-hybridized carbons (Fsp3) is 0.800. The molecule has 0 fully saturated rings. The Balaban J connectivity index is 0. The van der Waals surface area contributed by atoms with Crippen LogP contribution >= 0.6 is 0 Å². The van der Waals surface area contributed by atoms with Crippen molar-refractivity contribution in [2.24, 2.45) is 5.92 Å². The van der Waals surface area contributed by atoms with Crippen LogP contribution in [-0.4, -0.2) is 29.6 Å². The van der Waals surface area contributed by atoms with E-state index in [2.05, 4.69) is 6.07 Å². The molecule has 0 amide bonds. The van der Waals surface area contributed by atoms with Gasteiger partial charge in [0, 0.05) is 5.92 Å². The summed E-state index contributed by atoms with van der Waals surface area (Å²) < 4.78 is 0. The second-order valence-electron chi connectivity index (χ2n) is 1.44. The van der Waals surface area contributed by atoms with E-state index in [0.717, 1.165) is 6.42 Å². The first-order chi connectivity index (χ1) is 2.81. The van der Waals surface area contributed by atoms with E-state index in [-0.39, 0.29) is 35.5 Å². The zero-order chi connectivity index (χ0) is 4.99. The van der Waals surface area contributed by atoms with Crippen LogP contribution in [-0.2, 0) is 0 Å². The normalized spacial score (nSPS) is 11.0. The van der Waals surface area contributed by atoms with Gasteiger partial charge in [-0.05, 0) is 13.3 Å². The van der Waals surface area contributed by atoms with E-state index in [1.54, 1.807) is 0 Å². The summed E-state index contributed by atoms with van der Waals surface area (Å²) in [5, 5.41) is 8.08. The Morgan fingerprint density at radius 1 is 1.71 bits per heavy atom. The van der Waals surface area contributed by atoms with Gasteiger partial charge in [-0.3, -0.25) is 0 Å². The molecule has 0 N–H and O–H groups in total. The van der Waals surface area contributed by atoms with Crippen LogP contribution in [0, 0.1) is 17.2 Å². The second kappa shape index (κ2) is 6.49. The van der Waals surface area contributed by atoms with Gasteiger partial charge in [0.25, 0.3) is 0 Å². The summed E-state index contributed by atoms with van der Waals surface area (Å²) in [6.45, 7) is 3.92. The van der Waals surface area contributed by atoms with Crippen molar-refractivity contribution < 1.29 is 0 Å². The fourth-order valence-corrected chi connectivity index (χ4v) is 0.0913. The quantitative estimate of drug-likeness (QED) is 0.457. The van der Waals surface area contributed by atoms with Crippen LogP contribution in [0.1, 0.15) is 20.3 Å². The van der Waals surface area contributed by atoms with Gasteiger partial charge in [-0.1, -0.05) is 6.92 Å². The fourth-order valence-electron chi connectivity index (χ4n) is 0.0913. The monoisotopic (exact) mass is 107 g/mol. The molecule has 0 aliphatic rings. The molecule has 0 aromatic carbocycles. The molecule has 0 aliphatic carbocycles. The summed E-state index contributed by atoms with van der Waals surface area (Å²) in [6.07, 6.45) is 0.969. The number of rotatable bonds is 1. The molecule has 0 aromatic rings. The van der Waals surface area contributed by atoms with Gasteiger partial charge < -0.3 is 0 Å². The van der Waals surface area contributed by atoms with Crippen molar-refractivity contribution in [2.45, 2.75) is 20.3 Å². The average Bonchev–Trinajstić information content (AvgIpc) is 1.65. The topological polar surface area (TPSA) is 23.8 Å². The third-order valence-electron chi connectivity index (χ3n) is 0.833. The van der Waals surface area contributed by atoms with Crippen LogP contribution in [0.3, 0.4) is 0 Å². The number of hydrogen-bond acceptors (Lipinski definition) is 1. The van der Waals surface area contributed by atoms with Crippen molar-refractivity contribution in [1.29, 1.82) is 5.26 Å². The molecule has 1 nitrogen and oxygen atoms in total. The van der Waals surface area contributed by atoms with Crippen LogP contribution in [0.15, 0.2) is 0 Å². The predicted octanol–water partition coefficient (Wildman–Crippen LogP) is 0.908. The molecule has 0 aliphatic heterocycles. The molecule has 0 saturated carbocycles. The van der Waals surface area contributed by atoms with Crippen molar-refractivity contribution in [1.82, 2.24) is 0 Å². The van der Waals surface area contributed by atoms with Gasteiger partial charge in [0.15, 0.2) is 0 Å². The Bertz CT molecular complexity index is 65.0. The summed E-state index contributed by atoms with van der Waals surface area (Å²) in [5.41, 5.74) is 0. The van der Waals surface area contributed by atoms with Gasteiger partial charge >= 0.3 is 29.6 Å². The molecule has 36 valence electrons. The van der Waals surface area contributed by atoms with E-state index in [4.69, 9.17) is 5.26 Å². The van der Waals surface area contributed by atoms with Gasteiger partial charge in [0.1, 0.15) is 0 Å². The summed E-state index contributed by atoms with van der Waals surface area (Å²) in [5.74, 6) is 0.241. The average molecular weight is 107 g/mol. The Kier molecular flexibility index (Phi) is 9.70. The first-order valence-electron chi connectivity index (χ1n) is 2.20. The van der Waals surface area contributed by atoms with E-state index in [1.165, 1.54) is 0 Å². The maximum atomic E-state index is 8.08. The number of nitriles is 1. The third kappa shape index (κ3) is 6.49. The number of nitrogens with zero attached hydrogens (tertiary/aromatic N) is 1. The van der Waals surface area contributed by atoms with Crippen LogP contribution in [0.5, 0.6) is 0 Å². The summed E-state index contributed by atoms with van der Waals surface area (Å²) >= 11 is 0. The Morgan fingerprint density at radius 3 is 2.14 bits per heavy atom. The van der Waals surface area contributed by atoms with Crippen LogP contribution in [0.4, 0.5) is 0 Å². The van der Waals surface area contributed by atoms with Crippen molar-refractivity contribution in [3.8, 4) is 6.07 Å². The van der Waals surface area contributed by atoms with Crippen LogP contribution < -0.4 is 0 Å². The van der Waals surface area contributed by atoms with Crippen molar-refractivity contribution >= 4 is 29.6 Å². The molecule has 0 bridgehead atoms. The zero-order valence-electron chi connectivity index (χ0n) is 4.23. The molecular weight excluding hydrogens is 97.1 g/mol. The Hall–Kier alpha value is 0.490. The third-order valence-corrected chi connectivity index (χ3v) is 0.833. The molecule has 0 rings (SSSR count). The van der Waals surface area contributed by atoms with Gasteiger partial charge in [0.05, 0.1) is 6.07 Å². The Morgan fingerprint density at radius 2 is 2.14 bits per heavy atom. The minimum absolute atomic E-state index is 0. The molecule has 1 atom stereocenters. The molecule has 0 heterocycles. The van der Waals surface area contributed by atoms with Crippen LogP contribution in [0.2, 0.25) is 0 Å². The van der Waals surface area contributed by atoms with Gasteiger partial charge in [0.2, 0.25) is 0 Å². The van der Waals surface area contributed by atoms with Gasteiger partial charge in [-0.25, -0.2) is 0 Å². The molecule has 0 saturated heterocycles. The molecule has 0 aromatic heterocycles. The van der Waals surface area contributed by atoms with Crippen LogP contribution in [0.25, 0.3) is 0 Å². The molecule has 2 heteroatoms. The summed E-state index contributed by atoms with van der Waals surface area (Å²) in [4.78, 5) is 0. The second-order valence-corrected chi connectivity index (χ2v) is 1.44. The van der Waals surface area contributed by atoms with Crippen molar-refractivity contribution in [2.75, 3.05) is 0 Å². The van der Waals surface area contributed by atoms with E-state index in [0.29, 0.717) is 0 Å². The molecular formula is C5H10NNa. The molecule has 7 heavy (non-hydrogen) atoms.